The van der Waals surface area contributed by atoms with Gasteiger partial charge in [-0.1, -0.05) is 12.1 Å². The van der Waals surface area contributed by atoms with Crippen molar-refractivity contribution in [2.75, 3.05) is 13.2 Å². The molecule has 0 spiro atoms. The molecule has 1 aliphatic carbocycles. The highest BCUT2D eigenvalue weighted by molar-refractivity contribution is 5.85. The van der Waals surface area contributed by atoms with Crippen LogP contribution < -0.4 is 5.73 Å². The summed E-state index contributed by atoms with van der Waals surface area (Å²) in [6.45, 7) is 3.33. The normalized spacial score (nSPS) is 27.8. The van der Waals surface area contributed by atoms with Crippen LogP contribution in [0.25, 0.3) is 0 Å². The molecule has 3 nitrogen and oxygen atoms in total. The van der Waals surface area contributed by atoms with Gasteiger partial charge >= 0.3 is 0 Å². The highest BCUT2D eigenvalue weighted by atomic mass is 16.6. The molecule has 0 saturated heterocycles. The summed E-state index contributed by atoms with van der Waals surface area (Å²) in [5.74, 6) is 0.787. The summed E-state index contributed by atoms with van der Waals surface area (Å²) in [5.41, 5.74) is 6.45. The minimum Gasteiger partial charge on any atom is -0.395 e. The highest BCUT2D eigenvalue weighted by Crippen LogP contribution is 2.21. The molecule has 1 rings (SSSR count). The zero-order valence-corrected chi connectivity index (χ0v) is 7.05. The van der Waals surface area contributed by atoms with Crippen molar-refractivity contribution in [1.82, 2.24) is 0 Å². The van der Waals surface area contributed by atoms with Crippen molar-refractivity contribution >= 4 is 5.71 Å². The van der Waals surface area contributed by atoms with E-state index in [1.807, 2.05) is 0 Å². The van der Waals surface area contributed by atoms with Crippen molar-refractivity contribution in [3.05, 3.63) is 0 Å². The largest absolute Gasteiger partial charge is 0.395 e. The van der Waals surface area contributed by atoms with Crippen molar-refractivity contribution in [2.24, 2.45) is 16.8 Å². The van der Waals surface area contributed by atoms with E-state index < -0.39 is 0 Å². The lowest BCUT2D eigenvalue weighted by Gasteiger charge is -1.97. The van der Waals surface area contributed by atoms with Crippen LogP contribution >= 0.6 is 0 Å². The van der Waals surface area contributed by atoms with Gasteiger partial charge in [-0.3, -0.25) is 0 Å². The summed E-state index contributed by atoms with van der Waals surface area (Å²) in [4.78, 5) is 4.98. The molecular formula is C8H16N2O. The number of oxime groups is 1. The van der Waals surface area contributed by atoms with E-state index in [0.29, 0.717) is 13.2 Å². The lowest BCUT2D eigenvalue weighted by atomic mass is 10.1. The molecular weight excluding hydrogens is 140 g/mol. The average Bonchev–Trinajstić information content (AvgIpc) is 2.37. The first-order valence-corrected chi connectivity index (χ1v) is 4.20. The smallest absolute Gasteiger partial charge is 0.129 e. The Hall–Kier alpha value is -0.570. The van der Waals surface area contributed by atoms with E-state index in [1.165, 1.54) is 12.1 Å². The predicted octanol–water partition coefficient (Wildman–Crippen LogP) is 1.14. The van der Waals surface area contributed by atoms with Gasteiger partial charge in [0.25, 0.3) is 0 Å². The second-order valence-electron chi connectivity index (χ2n) is 3.13. The molecule has 1 saturated carbocycles. The van der Waals surface area contributed by atoms with Crippen LogP contribution in [-0.4, -0.2) is 18.9 Å². The van der Waals surface area contributed by atoms with Gasteiger partial charge in [0.1, 0.15) is 6.61 Å². The third-order valence-corrected chi connectivity index (χ3v) is 1.91. The third kappa shape index (κ3) is 2.89. The molecule has 1 atom stereocenters. The van der Waals surface area contributed by atoms with Crippen LogP contribution in [0.5, 0.6) is 0 Å². The Balaban J connectivity index is 2.19. The van der Waals surface area contributed by atoms with Crippen molar-refractivity contribution in [1.29, 1.82) is 0 Å². The van der Waals surface area contributed by atoms with Gasteiger partial charge in [-0.2, -0.15) is 0 Å². The maximum Gasteiger partial charge on any atom is 0.129 e. The lowest BCUT2D eigenvalue weighted by molar-refractivity contribution is 0.151. The fraction of sp³-hybridized carbons (Fsp3) is 0.875. The fourth-order valence-corrected chi connectivity index (χ4v) is 1.29. The zero-order valence-electron chi connectivity index (χ0n) is 7.05. The summed E-state index contributed by atoms with van der Waals surface area (Å²) in [5, 5.41) is 4.00. The maximum atomic E-state index is 5.25. The van der Waals surface area contributed by atoms with Gasteiger partial charge in [-0.05, 0) is 25.2 Å². The first-order chi connectivity index (χ1) is 5.33. The highest BCUT2D eigenvalue weighted by Gasteiger charge is 2.16. The van der Waals surface area contributed by atoms with Crippen LogP contribution in [0.4, 0.5) is 0 Å². The van der Waals surface area contributed by atoms with E-state index in [-0.39, 0.29) is 0 Å². The van der Waals surface area contributed by atoms with Gasteiger partial charge in [0, 0.05) is 6.54 Å². The van der Waals surface area contributed by atoms with E-state index in [9.17, 15) is 0 Å². The van der Waals surface area contributed by atoms with Gasteiger partial charge in [-0.25, -0.2) is 0 Å². The molecule has 0 aromatic heterocycles. The minimum atomic E-state index is 0.540. The summed E-state index contributed by atoms with van der Waals surface area (Å²) < 4.78 is 0. The second kappa shape index (κ2) is 4.34. The Morgan fingerprint density at radius 3 is 3.09 bits per heavy atom. The molecule has 0 bridgehead atoms. The quantitative estimate of drug-likeness (QED) is 0.492. The van der Waals surface area contributed by atoms with Crippen molar-refractivity contribution in [3.8, 4) is 0 Å². The Bertz CT molecular complexity index is 145. The van der Waals surface area contributed by atoms with Gasteiger partial charge in [0.2, 0.25) is 0 Å². The van der Waals surface area contributed by atoms with Crippen LogP contribution in [0.3, 0.4) is 0 Å². The topological polar surface area (TPSA) is 47.6 Å². The first-order valence-electron chi connectivity index (χ1n) is 4.20. The van der Waals surface area contributed by atoms with E-state index in [2.05, 4.69) is 12.1 Å². The standard InChI is InChI=1S/C8H16N2O/c1-7-2-3-8(6-7)10-11-5-4-9/h7H,2-6,9H2,1H3/b10-8-. The molecule has 0 aromatic rings. The van der Waals surface area contributed by atoms with E-state index in [1.54, 1.807) is 0 Å². The number of hydrogen-bond acceptors (Lipinski definition) is 3. The molecule has 64 valence electrons. The van der Waals surface area contributed by atoms with Crippen LogP contribution in [-0.2, 0) is 4.84 Å². The van der Waals surface area contributed by atoms with Crippen LogP contribution in [0.15, 0.2) is 5.16 Å². The zero-order chi connectivity index (χ0) is 8.10. The number of hydrogen-bond donors (Lipinski definition) is 1. The van der Waals surface area contributed by atoms with Crippen LogP contribution in [0.2, 0.25) is 0 Å². The van der Waals surface area contributed by atoms with Crippen LogP contribution in [0.1, 0.15) is 26.2 Å². The Labute approximate surface area is 67.6 Å². The molecule has 1 unspecified atom stereocenters. The Morgan fingerprint density at radius 2 is 2.55 bits per heavy atom. The number of nitrogens with two attached hydrogens (primary N) is 1. The van der Waals surface area contributed by atoms with Gasteiger partial charge in [0.05, 0.1) is 5.71 Å². The molecule has 0 amide bonds. The van der Waals surface area contributed by atoms with E-state index in [4.69, 9.17) is 10.6 Å². The second-order valence-corrected chi connectivity index (χ2v) is 3.13. The van der Waals surface area contributed by atoms with Crippen LogP contribution in [0, 0.1) is 5.92 Å². The number of nitrogens with zero attached hydrogens (tertiary/aromatic N) is 1. The molecule has 0 aliphatic heterocycles. The monoisotopic (exact) mass is 156 g/mol. The molecule has 0 heterocycles. The van der Waals surface area contributed by atoms with E-state index >= 15 is 0 Å². The third-order valence-electron chi connectivity index (χ3n) is 1.91. The van der Waals surface area contributed by atoms with Crippen molar-refractivity contribution in [2.45, 2.75) is 26.2 Å². The summed E-state index contributed by atoms with van der Waals surface area (Å²) in [6.07, 6.45) is 3.46. The van der Waals surface area contributed by atoms with Crippen molar-refractivity contribution < 1.29 is 4.84 Å². The van der Waals surface area contributed by atoms with Crippen molar-refractivity contribution in [3.63, 3.8) is 0 Å². The summed E-state index contributed by atoms with van der Waals surface area (Å²) in [6, 6.07) is 0. The molecule has 11 heavy (non-hydrogen) atoms. The minimum absolute atomic E-state index is 0.540. The maximum absolute atomic E-state index is 5.25. The van der Waals surface area contributed by atoms with E-state index in [0.717, 1.165) is 18.8 Å². The lowest BCUT2D eigenvalue weighted by Crippen LogP contribution is -2.06. The Morgan fingerprint density at radius 1 is 1.73 bits per heavy atom. The number of rotatable bonds is 3. The average molecular weight is 156 g/mol. The van der Waals surface area contributed by atoms with Gasteiger partial charge < -0.3 is 10.6 Å². The molecule has 2 N–H and O–H groups in total. The summed E-state index contributed by atoms with van der Waals surface area (Å²) >= 11 is 0. The van der Waals surface area contributed by atoms with Gasteiger partial charge in [0.15, 0.2) is 0 Å². The SMILES string of the molecule is CC1CC/C(=N/OCCN)C1. The summed E-state index contributed by atoms with van der Waals surface area (Å²) in [7, 11) is 0. The molecule has 3 heteroatoms. The molecule has 0 aromatic carbocycles. The molecule has 0 radical (unpaired) electrons. The predicted molar refractivity (Wildman–Crippen MR) is 45.5 cm³/mol. The Kier molecular flexibility index (Phi) is 3.36. The molecule has 1 fully saturated rings. The first kappa shape index (κ1) is 8.53. The van der Waals surface area contributed by atoms with Gasteiger partial charge in [-0.15, -0.1) is 0 Å². The fourth-order valence-electron chi connectivity index (χ4n) is 1.29. The molecule has 1 aliphatic rings.